The van der Waals surface area contributed by atoms with Gasteiger partial charge < -0.3 is 16.4 Å². The van der Waals surface area contributed by atoms with Crippen molar-refractivity contribution < 1.29 is 0 Å². The smallest absolute Gasteiger partial charge is 0.0363 e. The molecule has 0 aromatic carbocycles. The van der Waals surface area contributed by atoms with Crippen molar-refractivity contribution >= 4 is 0 Å². The van der Waals surface area contributed by atoms with Gasteiger partial charge in [0.25, 0.3) is 0 Å². The van der Waals surface area contributed by atoms with Crippen LogP contribution in [0.4, 0.5) is 0 Å². The SMILES string of the molecule is C=CC1=CCCC(NC/C(=C\C=C(/C)C2=C3CCCCC3C(C3=CC=C(CCC/C=C\N)CC3)CC2)C2CCNC2)=C1CCC. The molecule has 4 aliphatic carbocycles. The zero-order chi connectivity index (χ0) is 31.4. The molecule has 45 heavy (non-hydrogen) atoms. The van der Waals surface area contributed by atoms with Crippen LogP contribution in [-0.2, 0) is 0 Å². The summed E-state index contributed by atoms with van der Waals surface area (Å²) in [5, 5.41) is 7.57. The van der Waals surface area contributed by atoms with E-state index in [4.69, 9.17) is 5.73 Å². The standard InChI is InChI=1S/C42H61N3/c1-4-12-39-33(5-2)14-11-17-42(39)45-30-35(36-26-28-44-29-36)21-18-31(3)37-24-25-38(41-16-9-8-15-40(37)41)34-22-19-32(20-23-34)13-7-6-10-27-43/h5,10,14,18-19,21-22,27,36,38,41,44-45H,2,4,6-9,11-13,15-17,20,23-26,28-30,43H2,1,3H3/b27-10-,31-18+,35-21+. The maximum Gasteiger partial charge on any atom is 0.0363 e. The molecule has 5 aliphatic rings. The van der Waals surface area contributed by atoms with Gasteiger partial charge in [0.15, 0.2) is 0 Å². The second-order valence-corrected chi connectivity index (χ2v) is 14.1. The normalized spacial score (nSPS) is 26.5. The number of hydrogen-bond acceptors (Lipinski definition) is 3. The highest BCUT2D eigenvalue weighted by molar-refractivity contribution is 5.45. The van der Waals surface area contributed by atoms with Crippen LogP contribution in [0.5, 0.6) is 0 Å². The zero-order valence-corrected chi connectivity index (χ0v) is 28.6. The van der Waals surface area contributed by atoms with Crippen LogP contribution in [-0.4, -0.2) is 19.6 Å². The van der Waals surface area contributed by atoms with Crippen LogP contribution in [0.15, 0.2) is 106 Å². The van der Waals surface area contributed by atoms with Crippen molar-refractivity contribution in [3.63, 3.8) is 0 Å². The van der Waals surface area contributed by atoms with E-state index in [9.17, 15) is 0 Å². The third kappa shape index (κ3) is 8.73. The molecule has 5 rings (SSSR count). The van der Waals surface area contributed by atoms with E-state index in [-0.39, 0.29) is 0 Å². The number of nitrogens with one attached hydrogen (secondary N) is 2. The summed E-state index contributed by atoms with van der Waals surface area (Å²) in [5.41, 5.74) is 19.8. The van der Waals surface area contributed by atoms with E-state index in [0.29, 0.717) is 5.92 Å². The molecule has 4 N–H and O–H groups in total. The van der Waals surface area contributed by atoms with Gasteiger partial charge in [-0.15, -0.1) is 0 Å². The molecule has 0 amide bonds. The van der Waals surface area contributed by atoms with E-state index >= 15 is 0 Å². The minimum Gasteiger partial charge on any atom is -0.405 e. The van der Waals surface area contributed by atoms with E-state index in [2.05, 4.69) is 73.6 Å². The summed E-state index contributed by atoms with van der Waals surface area (Å²) >= 11 is 0. The molecule has 1 heterocycles. The van der Waals surface area contributed by atoms with Crippen molar-refractivity contribution in [1.29, 1.82) is 0 Å². The van der Waals surface area contributed by atoms with Gasteiger partial charge in [-0.25, -0.2) is 0 Å². The molecule has 0 radical (unpaired) electrons. The minimum atomic E-state index is 0.624. The van der Waals surface area contributed by atoms with Gasteiger partial charge in [0.1, 0.15) is 0 Å². The van der Waals surface area contributed by atoms with Gasteiger partial charge in [0.05, 0.1) is 0 Å². The summed E-state index contributed by atoms with van der Waals surface area (Å²) in [6.07, 6.45) is 38.0. The molecule has 2 fully saturated rings. The Hall–Kier alpha value is -2.78. The molecule has 3 atom stereocenters. The van der Waals surface area contributed by atoms with Crippen molar-refractivity contribution in [2.45, 2.75) is 117 Å². The summed E-state index contributed by atoms with van der Waals surface area (Å²) in [4.78, 5) is 0. The van der Waals surface area contributed by atoms with E-state index in [0.717, 1.165) is 57.2 Å². The lowest BCUT2D eigenvalue weighted by atomic mass is 9.64. The molecule has 1 aliphatic heterocycles. The van der Waals surface area contributed by atoms with Crippen LogP contribution in [0.2, 0.25) is 0 Å². The molecule has 0 spiro atoms. The Labute approximate surface area is 275 Å². The van der Waals surface area contributed by atoms with E-state index in [1.165, 1.54) is 99.5 Å². The summed E-state index contributed by atoms with van der Waals surface area (Å²) in [6, 6.07) is 0. The Morgan fingerprint density at radius 2 is 1.93 bits per heavy atom. The Morgan fingerprint density at radius 1 is 1.02 bits per heavy atom. The fourth-order valence-electron chi connectivity index (χ4n) is 8.79. The molecule has 0 bridgehead atoms. The van der Waals surface area contributed by atoms with E-state index in [1.807, 2.05) is 5.57 Å². The first-order valence-electron chi connectivity index (χ1n) is 18.5. The van der Waals surface area contributed by atoms with Gasteiger partial charge in [-0.1, -0.05) is 85.6 Å². The van der Waals surface area contributed by atoms with Gasteiger partial charge >= 0.3 is 0 Å². The van der Waals surface area contributed by atoms with E-state index in [1.54, 1.807) is 28.5 Å². The van der Waals surface area contributed by atoms with Crippen molar-refractivity contribution in [1.82, 2.24) is 10.6 Å². The lowest BCUT2D eigenvalue weighted by molar-refractivity contribution is 0.308. The maximum absolute atomic E-state index is 5.52. The Kier molecular flexibility index (Phi) is 12.9. The first-order valence-corrected chi connectivity index (χ1v) is 18.5. The van der Waals surface area contributed by atoms with Crippen LogP contribution in [0.1, 0.15) is 117 Å². The second-order valence-electron chi connectivity index (χ2n) is 14.1. The Bertz CT molecular complexity index is 1290. The number of hydrogen-bond donors (Lipinski definition) is 3. The molecule has 1 saturated heterocycles. The van der Waals surface area contributed by atoms with Crippen LogP contribution >= 0.6 is 0 Å². The highest BCUT2D eigenvalue weighted by Gasteiger charge is 2.35. The second kappa shape index (κ2) is 17.2. The molecular weight excluding hydrogens is 546 g/mol. The average Bonchev–Trinajstić information content (AvgIpc) is 3.62. The minimum absolute atomic E-state index is 0.624. The Morgan fingerprint density at radius 3 is 2.69 bits per heavy atom. The predicted molar refractivity (Wildman–Crippen MR) is 195 cm³/mol. The van der Waals surface area contributed by atoms with Crippen molar-refractivity contribution in [3.05, 3.63) is 106 Å². The lowest BCUT2D eigenvalue weighted by Gasteiger charge is -2.41. The molecular formula is C42H61N3. The molecule has 0 aromatic rings. The average molecular weight is 608 g/mol. The van der Waals surface area contributed by atoms with Crippen molar-refractivity contribution in [3.8, 4) is 0 Å². The van der Waals surface area contributed by atoms with Crippen LogP contribution in [0, 0.1) is 17.8 Å². The highest BCUT2D eigenvalue weighted by atomic mass is 14.9. The van der Waals surface area contributed by atoms with Gasteiger partial charge in [0.2, 0.25) is 0 Å². The van der Waals surface area contributed by atoms with Gasteiger partial charge in [-0.2, -0.15) is 0 Å². The molecule has 1 saturated carbocycles. The summed E-state index contributed by atoms with van der Waals surface area (Å²) in [5.74, 6) is 2.14. The molecule has 3 heteroatoms. The lowest BCUT2D eigenvalue weighted by Crippen LogP contribution is -2.28. The largest absolute Gasteiger partial charge is 0.405 e. The topological polar surface area (TPSA) is 50.1 Å². The zero-order valence-electron chi connectivity index (χ0n) is 28.6. The monoisotopic (exact) mass is 607 g/mol. The fraction of sp³-hybridized carbons (Fsp3) is 0.571. The Balaban J connectivity index is 1.32. The van der Waals surface area contributed by atoms with Crippen LogP contribution in [0.25, 0.3) is 0 Å². The van der Waals surface area contributed by atoms with Gasteiger partial charge in [-0.05, 0) is 155 Å². The third-order valence-electron chi connectivity index (χ3n) is 11.3. The molecule has 3 unspecified atom stereocenters. The maximum atomic E-state index is 5.52. The quantitative estimate of drug-likeness (QED) is 0.136. The highest BCUT2D eigenvalue weighted by Crippen LogP contribution is 2.49. The first kappa shape index (κ1) is 33.6. The third-order valence-corrected chi connectivity index (χ3v) is 11.3. The summed E-state index contributed by atoms with van der Waals surface area (Å²) in [6.45, 7) is 12.0. The predicted octanol–water partition coefficient (Wildman–Crippen LogP) is 10.2. The van der Waals surface area contributed by atoms with Gasteiger partial charge in [0, 0.05) is 18.8 Å². The number of nitrogens with two attached hydrogens (primary N) is 1. The van der Waals surface area contributed by atoms with Crippen LogP contribution < -0.4 is 16.4 Å². The van der Waals surface area contributed by atoms with Crippen LogP contribution in [0.3, 0.4) is 0 Å². The summed E-state index contributed by atoms with van der Waals surface area (Å²) in [7, 11) is 0. The number of unbranched alkanes of at least 4 members (excludes halogenated alkanes) is 1. The molecule has 244 valence electrons. The van der Waals surface area contributed by atoms with Gasteiger partial charge in [-0.3, -0.25) is 0 Å². The number of rotatable bonds is 14. The van der Waals surface area contributed by atoms with Crippen molar-refractivity contribution in [2.24, 2.45) is 23.5 Å². The number of fused-ring (bicyclic) bond motifs is 1. The molecule has 0 aromatic heterocycles. The number of allylic oxidation sites excluding steroid dienone is 15. The molecule has 3 nitrogen and oxygen atoms in total. The first-order chi connectivity index (χ1) is 22.1. The van der Waals surface area contributed by atoms with E-state index < -0.39 is 0 Å². The fourth-order valence-corrected chi connectivity index (χ4v) is 8.79. The summed E-state index contributed by atoms with van der Waals surface area (Å²) < 4.78 is 0. The van der Waals surface area contributed by atoms with Crippen molar-refractivity contribution in [2.75, 3.05) is 19.6 Å².